The molecule has 2 aliphatic rings. The minimum Gasteiger partial charge on any atom is -0.494 e. The van der Waals surface area contributed by atoms with E-state index in [4.69, 9.17) is 4.74 Å². The Morgan fingerprint density at radius 2 is 1.22 bits per heavy atom. The molecule has 7 rings (SSSR count). The third-order valence-electron chi connectivity index (χ3n) is 9.04. The number of benzene rings is 2. The zero-order valence-electron chi connectivity index (χ0n) is 28.5. The van der Waals surface area contributed by atoms with E-state index in [2.05, 4.69) is 42.8 Å². The number of aromatic nitrogens is 4. The maximum atomic E-state index is 15.2. The number of ether oxygens (including phenoxy) is 1. The van der Waals surface area contributed by atoms with Crippen molar-refractivity contribution in [2.45, 2.75) is 43.1 Å². The van der Waals surface area contributed by atoms with E-state index in [0.717, 1.165) is 48.8 Å². The van der Waals surface area contributed by atoms with Gasteiger partial charge in [0.2, 0.25) is 0 Å². The molecule has 0 amide bonds. The summed E-state index contributed by atoms with van der Waals surface area (Å²) in [5.41, 5.74) is -6.95. The normalized spacial score (nSPS) is 13.7. The van der Waals surface area contributed by atoms with Crippen LogP contribution in [-0.2, 0) is 18.5 Å². The van der Waals surface area contributed by atoms with Crippen molar-refractivity contribution in [1.29, 1.82) is 0 Å². The van der Waals surface area contributed by atoms with Crippen molar-refractivity contribution in [2.24, 2.45) is 0 Å². The van der Waals surface area contributed by atoms with Gasteiger partial charge in [-0.2, -0.15) is 39.5 Å². The van der Waals surface area contributed by atoms with E-state index in [1.807, 2.05) is 0 Å². The number of hydrogen-bond acceptors (Lipinski definition) is 3. The summed E-state index contributed by atoms with van der Waals surface area (Å²) < 4.78 is 138. The quantitative estimate of drug-likeness (QED) is 0.124. The lowest BCUT2D eigenvalue weighted by Crippen LogP contribution is -2.10. The van der Waals surface area contributed by atoms with Gasteiger partial charge in [0, 0.05) is 15.9 Å². The zero-order chi connectivity index (χ0) is 39.3. The van der Waals surface area contributed by atoms with Crippen LogP contribution in [0.25, 0.3) is 68.6 Å². The molecule has 2 N–H and O–H groups in total. The molecule has 2 aliphatic heterocycles. The average Bonchev–Trinajstić information content (AvgIpc) is 3.93. The molecular weight excluding hydrogens is 803 g/mol. The van der Waals surface area contributed by atoms with Gasteiger partial charge in [0.05, 0.1) is 45.9 Å². The number of aromatic amines is 2. The first kappa shape index (κ1) is 38.0. The molecular formula is C40H28BrF9N4O. The molecule has 1 unspecified atom stereocenters. The van der Waals surface area contributed by atoms with Crippen LogP contribution in [0.15, 0.2) is 72.8 Å². The number of H-pyrrole nitrogens is 2. The Hall–Kier alpha value is -5.31. The van der Waals surface area contributed by atoms with Gasteiger partial charge in [-0.25, -0.2) is 9.97 Å². The molecule has 284 valence electrons. The fourth-order valence-electron chi connectivity index (χ4n) is 6.47. The zero-order valence-corrected chi connectivity index (χ0v) is 30.1. The van der Waals surface area contributed by atoms with Crippen molar-refractivity contribution in [2.75, 3.05) is 6.61 Å². The summed E-state index contributed by atoms with van der Waals surface area (Å²) >= 11 is 3.57. The van der Waals surface area contributed by atoms with Crippen LogP contribution in [0.2, 0.25) is 0 Å². The van der Waals surface area contributed by atoms with Crippen molar-refractivity contribution in [3.63, 3.8) is 0 Å². The first-order valence-electron chi connectivity index (χ1n) is 16.9. The van der Waals surface area contributed by atoms with Crippen molar-refractivity contribution in [1.82, 2.24) is 19.9 Å². The Morgan fingerprint density at radius 3 is 1.84 bits per heavy atom. The molecule has 8 bridgehead atoms. The van der Waals surface area contributed by atoms with Crippen LogP contribution < -0.4 is 4.74 Å². The van der Waals surface area contributed by atoms with E-state index in [1.54, 1.807) is 48.5 Å². The van der Waals surface area contributed by atoms with E-state index >= 15 is 13.2 Å². The number of nitrogens with one attached hydrogen (secondary N) is 2. The van der Waals surface area contributed by atoms with Crippen molar-refractivity contribution in [3.8, 4) is 28.0 Å². The molecule has 2 aromatic carbocycles. The van der Waals surface area contributed by atoms with Gasteiger partial charge < -0.3 is 14.7 Å². The Kier molecular flexibility index (Phi) is 9.95. The van der Waals surface area contributed by atoms with Gasteiger partial charge in [-0.3, -0.25) is 0 Å². The topological polar surface area (TPSA) is 66.6 Å². The van der Waals surface area contributed by atoms with Gasteiger partial charge in [0.15, 0.2) is 0 Å². The van der Waals surface area contributed by atoms with Crippen molar-refractivity contribution >= 4 is 62.3 Å². The molecule has 0 radical (unpaired) electrons. The van der Waals surface area contributed by atoms with E-state index in [0.29, 0.717) is 28.3 Å². The largest absolute Gasteiger partial charge is 0.494 e. The van der Waals surface area contributed by atoms with Gasteiger partial charge in [-0.1, -0.05) is 53.2 Å². The highest BCUT2D eigenvalue weighted by Crippen LogP contribution is 2.43. The summed E-state index contributed by atoms with van der Waals surface area (Å²) in [5.74, 6) is 0.636. The van der Waals surface area contributed by atoms with Crippen LogP contribution in [0.5, 0.6) is 5.75 Å². The summed E-state index contributed by atoms with van der Waals surface area (Å²) in [6.45, 7) is 2.56. The number of fused-ring (bicyclic) bond motifs is 8. The molecule has 0 saturated heterocycles. The van der Waals surface area contributed by atoms with Crippen LogP contribution in [0.3, 0.4) is 0 Å². The third-order valence-corrected chi connectivity index (χ3v) is 10.1. The first-order chi connectivity index (χ1) is 26.0. The molecule has 15 heteroatoms. The Bertz CT molecular complexity index is 2490. The first-order valence-corrected chi connectivity index (χ1v) is 17.8. The molecule has 1 atom stereocenters. The molecule has 0 spiro atoms. The molecule has 3 aromatic heterocycles. The minimum atomic E-state index is -5.23. The van der Waals surface area contributed by atoms with Gasteiger partial charge in [-0.15, -0.1) is 0 Å². The lowest BCUT2D eigenvalue weighted by molar-refractivity contribution is -0.137. The Labute approximate surface area is 315 Å². The predicted octanol–water partition coefficient (Wildman–Crippen LogP) is 13.0. The van der Waals surface area contributed by atoms with Crippen molar-refractivity contribution in [3.05, 3.63) is 112 Å². The minimum absolute atomic E-state index is 0.0115. The van der Waals surface area contributed by atoms with Gasteiger partial charge in [-0.05, 0) is 96.3 Å². The fraction of sp³-hybridized carbons (Fsp3) is 0.200. The van der Waals surface area contributed by atoms with Crippen LogP contribution in [-0.4, -0.2) is 31.4 Å². The predicted molar refractivity (Wildman–Crippen MR) is 198 cm³/mol. The van der Waals surface area contributed by atoms with Crippen LogP contribution in [0.1, 0.15) is 59.2 Å². The monoisotopic (exact) mass is 830 g/mol. The average molecular weight is 832 g/mol. The number of halogens is 10. The second-order valence-electron chi connectivity index (χ2n) is 12.8. The van der Waals surface area contributed by atoms with Crippen molar-refractivity contribution < 1.29 is 44.3 Å². The highest BCUT2D eigenvalue weighted by Gasteiger charge is 2.40. The Morgan fingerprint density at radius 1 is 0.636 bits per heavy atom. The van der Waals surface area contributed by atoms with Crippen LogP contribution >= 0.6 is 15.9 Å². The van der Waals surface area contributed by atoms with Crippen LogP contribution in [0.4, 0.5) is 39.5 Å². The summed E-state index contributed by atoms with van der Waals surface area (Å²) in [7, 11) is 0. The lowest BCUT2D eigenvalue weighted by Gasteiger charge is -2.12. The maximum absolute atomic E-state index is 15.2. The van der Waals surface area contributed by atoms with E-state index in [-0.39, 0.29) is 16.8 Å². The molecule has 5 aromatic rings. The number of alkyl halides is 10. The summed E-state index contributed by atoms with van der Waals surface area (Å²) in [6.07, 6.45) is -9.84. The standard InChI is InChI=1S/C40H28BrF9N4O/c1-2-24(41)16-17-55-27-9-6-21(7-10-27)22-4-3-5-23(18-22)28-20-26-19-25-8-11-29(51-25)34(38(42,43)44)30-12-13-31(53-30)35(39(45,46)47)32-14-15-33(54-32)36(37(28)52-26)40(48,49)50/h3-15,18-20,24,52-53H,2,16-17H2,1H3. The highest BCUT2D eigenvalue weighted by molar-refractivity contribution is 9.09. The number of nitrogens with zero attached hydrogens (tertiary/aromatic N) is 2. The molecule has 0 aliphatic carbocycles. The smallest absolute Gasteiger partial charge is 0.420 e. The van der Waals surface area contributed by atoms with E-state index in [9.17, 15) is 26.3 Å². The Balaban J connectivity index is 1.48. The highest BCUT2D eigenvalue weighted by atomic mass is 79.9. The van der Waals surface area contributed by atoms with E-state index in [1.165, 1.54) is 18.2 Å². The number of rotatable bonds is 7. The van der Waals surface area contributed by atoms with E-state index < -0.39 is 68.9 Å². The third kappa shape index (κ3) is 7.93. The summed E-state index contributed by atoms with van der Waals surface area (Å²) in [4.78, 5) is 13.1. The number of hydrogen-bond donors (Lipinski definition) is 2. The van der Waals surface area contributed by atoms with Crippen LogP contribution in [0, 0.1) is 0 Å². The summed E-state index contributed by atoms with van der Waals surface area (Å²) in [5, 5.41) is 0. The molecule has 5 nitrogen and oxygen atoms in total. The second kappa shape index (κ2) is 14.4. The van der Waals surface area contributed by atoms with Gasteiger partial charge >= 0.3 is 18.5 Å². The summed E-state index contributed by atoms with van der Waals surface area (Å²) in [6, 6.07) is 18.0. The second-order valence-corrected chi connectivity index (χ2v) is 14.1. The molecule has 55 heavy (non-hydrogen) atoms. The molecule has 0 saturated carbocycles. The fourth-order valence-corrected chi connectivity index (χ4v) is 6.65. The SMILES string of the molecule is CCC(Br)CCOc1ccc(-c2cccc(-c3cc4cc5nc(c(C(F)(F)F)c6ccc([nH]6)c(C(F)(F)F)c6nc(c(C(F)(F)F)c3[nH]4)C=C6)C=C5)c2)cc1. The van der Waals surface area contributed by atoms with Gasteiger partial charge in [0.25, 0.3) is 0 Å². The maximum Gasteiger partial charge on any atom is 0.420 e. The lowest BCUT2D eigenvalue weighted by atomic mass is 9.98. The molecule has 5 heterocycles. The molecule has 0 fully saturated rings. The van der Waals surface area contributed by atoms with Gasteiger partial charge in [0.1, 0.15) is 22.4 Å².